The second-order valence-electron chi connectivity index (χ2n) is 5.36. The third-order valence-electron chi connectivity index (χ3n) is 4.17. The number of aromatic hydroxyl groups is 1. The molecule has 1 N–H and O–H groups in total. The fourth-order valence-corrected chi connectivity index (χ4v) is 3.19. The van der Waals surface area contributed by atoms with Crippen molar-refractivity contribution < 1.29 is 5.11 Å². The first-order valence-corrected chi connectivity index (χ1v) is 6.98. The molecule has 1 aliphatic carbocycles. The number of nitriles is 1. The van der Waals surface area contributed by atoms with Crippen LogP contribution in [0.5, 0.6) is 5.75 Å². The van der Waals surface area contributed by atoms with Gasteiger partial charge in [-0.2, -0.15) is 5.26 Å². The molecular weight excluding hydrogens is 222 g/mol. The van der Waals surface area contributed by atoms with Gasteiger partial charge in [0.1, 0.15) is 11.8 Å². The Kier molecular flexibility index (Phi) is 4.25. The molecular formula is C16H21NO. The van der Waals surface area contributed by atoms with E-state index in [1.54, 1.807) is 6.07 Å². The molecule has 1 aromatic carbocycles. The van der Waals surface area contributed by atoms with Crippen molar-refractivity contribution in [1.82, 2.24) is 0 Å². The molecule has 2 nitrogen and oxygen atoms in total. The highest BCUT2D eigenvalue weighted by Crippen LogP contribution is 2.39. The zero-order valence-corrected chi connectivity index (χ0v) is 11.0. The van der Waals surface area contributed by atoms with Crippen molar-refractivity contribution in [2.24, 2.45) is 5.92 Å². The Hall–Kier alpha value is -1.49. The van der Waals surface area contributed by atoms with Crippen LogP contribution in [0.3, 0.4) is 0 Å². The number of nitrogens with zero attached hydrogens (tertiary/aromatic N) is 1. The Morgan fingerprint density at radius 1 is 1.28 bits per heavy atom. The molecule has 0 amide bonds. The predicted molar refractivity (Wildman–Crippen MR) is 72.4 cm³/mol. The first kappa shape index (κ1) is 13.0. The zero-order valence-electron chi connectivity index (χ0n) is 11.0. The summed E-state index contributed by atoms with van der Waals surface area (Å²) in [5.41, 5.74) is 1.53. The van der Waals surface area contributed by atoms with E-state index in [9.17, 15) is 5.11 Å². The monoisotopic (exact) mass is 243 g/mol. The number of benzene rings is 1. The van der Waals surface area contributed by atoms with Crippen molar-refractivity contribution in [3.8, 4) is 11.8 Å². The average Bonchev–Trinajstić information content (AvgIpc) is 2.40. The maximum atomic E-state index is 9.74. The smallest absolute Gasteiger partial charge is 0.133 e. The molecule has 96 valence electrons. The Morgan fingerprint density at radius 2 is 2.00 bits per heavy atom. The van der Waals surface area contributed by atoms with Gasteiger partial charge in [-0.05, 0) is 49.1 Å². The first-order chi connectivity index (χ1) is 8.76. The Bertz CT molecular complexity index is 439. The van der Waals surface area contributed by atoms with Gasteiger partial charge >= 0.3 is 0 Å². The standard InChI is InChI=1S/C16H21NO/c1-2-4-12-7-9-13(10-8-12)14-5-3-6-16(18)15(14)11-17/h3,5-6,12-13,18H,2,4,7-10H2,1H3. The number of rotatable bonds is 3. The molecule has 1 fully saturated rings. The summed E-state index contributed by atoms with van der Waals surface area (Å²) in [7, 11) is 0. The molecule has 0 aromatic heterocycles. The Balaban J connectivity index is 2.10. The lowest BCUT2D eigenvalue weighted by atomic mass is 9.76. The summed E-state index contributed by atoms with van der Waals surface area (Å²) in [5, 5.41) is 18.9. The summed E-state index contributed by atoms with van der Waals surface area (Å²) in [4.78, 5) is 0. The molecule has 0 bridgehead atoms. The minimum atomic E-state index is 0.130. The van der Waals surface area contributed by atoms with E-state index in [1.165, 1.54) is 25.7 Å². The van der Waals surface area contributed by atoms with Gasteiger partial charge in [0.25, 0.3) is 0 Å². The average molecular weight is 243 g/mol. The van der Waals surface area contributed by atoms with E-state index in [4.69, 9.17) is 5.26 Å². The maximum absolute atomic E-state index is 9.74. The molecule has 0 saturated heterocycles. The number of hydrogen-bond donors (Lipinski definition) is 1. The van der Waals surface area contributed by atoms with Gasteiger partial charge in [0.15, 0.2) is 0 Å². The van der Waals surface area contributed by atoms with Crippen LogP contribution >= 0.6 is 0 Å². The molecule has 1 saturated carbocycles. The van der Waals surface area contributed by atoms with Crippen LogP contribution in [0.4, 0.5) is 0 Å². The second kappa shape index (κ2) is 5.91. The normalized spacial score (nSPS) is 23.6. The number of phenolic OH excluding ortho intramolecular Hbond substituents is 1. The van der Waals surface area contributed by atoms with Gasteiger partial charge in [-0.25, -0.2) is 0 Å². The highest BCUT2D eigenvalue weighted by molar-refractivity contribution is 5.49. The quantitative estimate of drug-likeness (QED) is 0.858. The van der Waals surface area contributed by atoms with Crippen LogP contribution in [0.2, 0.25) is 0 Å². The molecule has 0 heterocycles. The molecule has 0 aliphatic heterocycles. The Morgan fingerprint density at radius 3 is 2.61 bits per heavy atom. The highest BCUT2D eigenvalue weighted by Gasteiger charge is 2.24. The SMILES string of the molecule is CCCC1CCC(c2cccc(O)c2C#N)CC1. The summed E-state index contributed by atoms with van der Waals surface area (Å²) in [6, 6.07) is 7.60. The topological polar surface area (TPSA) is 44.0 Å². The van der Waals surface area contributed by atoms with Crippen LogP contribution in [0.15, 0.2) is 18.2 Å². The number of hydrogen-bond acceptors (Lipinski definition) is 2. The number of phenols is 1. The van der Waals surface area contributed by atoms with Crippen molar-refractivity contribution in [2.75, 3.05) is 0 Å². The van der Waals surface area contributed by atoms with Crippen LogP contribution in [0, 0.1) is 17.2 Å². The maximum Gasteiger partial charge on any atom is 0.133 e. The third kappa shape index (κ3) is 2.67. The molecule has 1 aromatic rings. The lowest BCUT2D eigenvalue weighted by Crippen LogP contribution is -2.14. The summed E-state index contributed by atoms with van der Waals surface area (Å²) in [6.07, 6.45) is 7.44. The summed E-state index contributed by atoms with van der Waals surface area (Å²) in [5.74, 6) is 1.46. The van der Waals surface area contributed by atoms with Gasteiger partial charge in [-0.3, -0.25) is 0 Å². The molecule has 0 spiro atoms. The molecule has 18 heavy (non-hydrogen) atoms. The lowest BCUT2D eigenvalue weighted by Gasteiger charge is -2.29. The van der Waals surface area contributed by atoms with E-state index in [-0.39, 0.29) is 5.75 Å². The molecule has 2 heteroatoms. The minimum absolute atomic E-state index is 0.130. The van der Waals surface area contributed by atoms with Crippen molar-refractivity contribution in [2.45, 2.75) is 51.4 Å². The van der Waals surface area contributed by atoms with Gasteiger partial charge in [-0.1, -0.05) is 31.9 Å². The van der Waals surface area contributed by atoms with Crippen LogP contribution in [-0.2, 0) is 0 Å². The molecule has 0 radical (unpaired) electrons. The van der Waals surface area contributed by atoms with E-state index in [0.29, 0.717) is 11.5 Å². The Labute approximate surface area is 109 Å². The van der Waals surface area contributed by atoms with Crippen LogP contribution in [-0.4, -0.2) is 5.11 Å². The minimum Gasteiger partial charge on any atom is -0.507 e. The van der Waals surface area contributed by atoms with Gasteiger partial charge in [0.05, 0.1) is 5.56 Å². The summed E-state index contributed by atoms with van der Waals surface area (Å²) < 4.78 is 0. The van der Waals surface area contributed by atoms with Crippen LogP contribution in [0.1, 0.15) is 62.5 Å². The van der Waals surface area contributed by atoms with Crippen molar-refractivity contribution in [1.29, 1.82) is 5.26 Å². The fraction of sp³-hybridized carbons (Fsp3) is 0.562. The molecule has 1 aliphatic rings. The van der Waals surface area contributed by atoms with Crippen molar-refractivity contribution in [3.05, 3.63) is 29.3 Å². The highest BCUT2D eigenvalue weighted by atomic mass is 16.3. The summed E-state index contributed by atoms with van der Waals surface area (Å²) in [6.45, 7) is 2.25. The van der Waals surface area contributed by atoms with E-state index >= 15 is 0 Å². The van der Waals surface area contributed by atoms with Gasteiger partial charge < -0.3 is 5.11 Å². The first-order valence-electron chi connectivity index (χ1n) is 6.98. The largest absolute Gasteiger partial charge is 0.507 e. The zero-order chi connectivity index (χ0) is 13.0. The van der Waals surface area contributed by atoms with Gasteiger partial charge in [-0.15, -0.1) is 0 Å². The van der Waals surface area contributed by atoms with E-state index in [2.05, 4.69) is 13.0 Å². The van der Waals surface area contributed by atoms with E-state index in [1.807, 2.05) is 12.1 Å². The second-order valence-corrected chi connectivity index (χ2v) is 5.36. The van der Waals surface area contributed by atoms with Crippen LogP contribution < -0.4 is 0 Å². The van der Waals surface area contributed by atoms with Crippen molar-refractivity contribution in [3.63, 3.8) is 0 Å². The molecule has 2 rings (SSSR count). The van der Waals surface area contributed by atoms with Crippen LogP contribution in [0.25, 0.3) is 0 Å². The molecule has 0 unspecified atom stereocenters. The molecule has 0 atom stereocenters. The van der Waals surface area contributed by atoms with E-state index in [0.717, 1.165) is 24.3 Å². The lowest BCUT2D eigenvalue weighted by molar-refractivity contribution is 0.307. The van der Waals surface area contributed by atoms with Crippen molar-refractivity contribution >= 4 is 0 Å². The fourth-order valence-electron chi connectivity index (χ4n) is 3.19. The predicted octanol–water partition coefficient (Wildman–Crippen LogP) is 4.34. The van der Waals surface area contributed by atoms with E-state index < -0.39 is 0 Å². The third-order valence-corrected chi connectivity index (χ3v) is 4.17. The van der Waals surface area contributed by atoms with Gasteiger partial charge in [0, 0.05) is 0 Å². The van der Waals surface area contributed by atoms with Gasteiger partial charge in [0.2, 0.25) is 0 Å². The summed E-state index contributed by atoms with van der Waals surface area (Å²) >= 11 is 0.